The van der Waals surface area contributed by atoms with Crippen LogP contribution in [0.4, 0.5) is 0 Å². The van der Waals surface area contributed by atoms with Gasteiger partial charge >= 0.3 is 0 Å². The minimum atomic E-state index is 0.236. The monoisotopic (exact) mass is 250 g/mol. The number of rotatable bonds is 1. The SMILES string of the molecule is CC1C(=O)CCN(C2CCN3CCCC3C2)C1C. The van der Waals surface area contributed by atoms with Crippen molar-refractivity contribution in [2.24, 2.45) is 5.92 Å². The summed E-state index contributed by atoms with van der Waals surface area (Å²) < 4.78 is 0. The van der Waals surface area contributed by atoms with Crippen LogP contribution in [0.25, 0.3) is 0 Å². The van der Waals surface area contributed by atoms with Crippen LogP contribution in [0, 0.1) is 5.92 Å². The summed E-state index contributed by atoms with van der Waals surface area (Å²) in [6.45, 7) is 7.97. The molecule has 3 heterocycles. The fraction of sp³-hybridized carbons (Fsp3) is 0.933. The van der Waals surface area contributed by atoms with Gasteiger partial charge in [-0.3, -0.25) is 9.69 Å². The van der Waals surface area contributed by atoms with E-state index in [4.69, 9.17) is 0 Å². The summed E-state index contributed by atoms with van der Waals surface area (Å²) in [5.41, 5.74) is 0. The van der Waals surface area contributed by atoms with Crippen molar-refractivity contribution in [1.82, 2.24) is 9.80 Å². The Kier molecular flexibility index (Phi) is 3.46. The van der Waals surface area contributed by atoms with Crippen LogP contribution >= 0.6 is 0 Å². The van der Waals surface area contributed by atoms with E-state index in [9.17, 15) is 4.79 Å². The minimum absolute atomic E-state index is 0.236. The number of fused-ring (bicyclic) bond motifs is 1. The predicted molar refractivity (Wildman–Crippen MR) is 72.6 cm³/mol. The maximum Gasteiger partial charge on any atom is 0.138 e. The second-order valence-electron chi connectivity index (χ2n) is 6.49. The number of Topliss-reactive ketones (excluding diaryl/α,β-unsaturated/α-hetero) is 1. The van der Waals surface area contributed by atoms with Gasteiger partial charge in [-0.05, 0) is 45.7 Å². The Labute approximate surface area is 111 Å². The second kappa shape index (κ2) is 4.93. The van der Waals surface area contributed by atoms with Gasteiger partial charge in [0.2, 0.25) is 0 Å². The number of piperidine rings is 2. The molecule has 4 unspecified atom stereocenters. The van der Waals surface area contributed by atoms with Gasteiger partial charge in [-0.2, -0.15) is 0 Å². The summed E-state index contributed by atoms with van der Waals surface area (Å²) in [7, 11) is 0. The number of hydrogen-bond donors (Lipinski definition) is 0. The quantitative estimate of drug-likeness (QED) is 0.710. The summed E-state index contributed by atoms with van der Waals surface area (Å²) in [6.07, 6.45) is 6.21. The third-order valence-electron chi connectivity index (χ3n) is 5.63. The van der Waals surface area contributed by atoms with Crippen LogP contribution in [-0.4, -0.2) is 53.3 Å². The summed E-state index contributed by atoms with van der Waals surface area (Å²) in [4.78, 5) is 17.1. The van der Waals surface area contributed by atoms with Gasteiger partial charge in [0.25, 0.3) is 0 Å². The standard InChI is InChI=1S/C15H26N2O/c1-11-12(2)17(9-6-15(11)18)14-5-8-16-7-3-4-13(16)10-14/h11-14H,3-10H2,1-2H3. The first-order valence-electron chi connectivity index (χ1n) is 7.69. The molecule has 3 aliphatic rings. The molecule has 3 nitrogen and oxygen atoms in total. The lowest BCUT2D eigenvalue weighted by molar-refractivity contribution is -0.129. The Hall–Kier alpha value is -0.410. The summed E-state index contributed by atoms with van der Waals surface area (Å²) >= 11 is 0. The van der Waals surface area contributed by atoms with Crippen LogP contribution in [0.5, 0.6) is 0 Å². The van der Waals surface area contributed by atoms with E-state index in [1.54, 1.807) is 0 Å². The van der Waals surface area contributed by atoms with Crippen molar-refractivity contribution >= 4 is 5.78 Å². The predicted octanol–water partition coefficient (Wildman–Crippen LogP) is 1.91. The zero-order valence-electron chi connectivity index (χ0n) is 11.8. The van der Waals surface area contributed by atoms with Gasteiger partial charge in [0, 0.05) is 37.0 Å². The van der Waals surface area contributed by atoms with Crippen molar-refractivity contribution in [3.05, 3.63) is 0 Å². The molecule has 102 valence electrons. The number of carbonyl (C=O) groups excluding carboxylic acids is 1. The van der Waals surface area contributed by atoms with E-state index in [1.165, 1.54) is 38.8 Å². The Morgan fingerprint density at radius 1 is 1.06 bits per heavy atom. The fourth-order valence-electron chi connectivity index (χ4n) is 4.25. The highest BCUT2D eigenvalue weighted by Gasteiger charge is 2.39. The zero-order valence-corrected chi connectivity index (χ0v) is 11.8. The second-order valence-corrected chi connectivity index (χ2v) is 6.49. The molecule has 0 saturated carbocycles. The smallest absolute Gasteiger partial charge is 0.138 e. The maximum atomic E-state index is 11.8. The van der Waals surface area contributed by atoms with E-state index in [0.717, 1.165) is 25.0 Å². The molecule has 3 aliphatic heterocycles. The van der Waals surface area contributed by atoms with Crippen molar-refractivity contribution in [3.8, 4) is 0 Å². The van der Waals surface area contributed by atoms with Crippen molar-refractivity contribution in [3.63, 3.8) is 0 Å². The molecule has 3 saturated heterocycles. The van der Waals surface area contributed by atoms with Gasteiger partial charge in [0.05, 0.1) is 0 Å². The van der Waals surface area contributed by atoms with Crippen LogP contribution in [0.1, 0.15) is 46.0 Å². The highest BCUT2D eigenvalue weighted by atomic mass is 16.1. The average molecular weight is 250 g/mol. The average Bonchev–Trinajstić information content (AvgIpc) is 2.83. The molecule has 0 aliphatic carbocycles. The molecule has 0 bridgehead atoms. The Bertz CT molecular complexity index is 330. The molecule has 0 amide bonds. The van der Waals surface area contributed by atoms with E-state index in [0.29, 0.717) is 11.8 Å². The summed E-state index contributed by atoms with van der Waals surface area (Å²) in [5, 5.41) is 0. The van der Waals surface area contributed by atoms with Crippen molar-refractivity contribution in [2.45, 2.75) is 64.1 Å². The van der Waals surface area contributed by atoms with E-state index < -0.39 is 0 Å². The van der Waals surface area contributed by atoms with Crippen LogP contribution in [-0.2, 0) is 4.79 Å². The molecule has 0 radical (unpaired) electrons. The Morgan fingerprint density at radius 3 is 2.72 bits per heavy atom. The molecule has 0 aromatic carbocycles. The number of carbonyl (C=O) groups is 1. The van der Waals surface area contributed by atoms with Gasteiger partial charge in [0.15, 0.2) is 0 Å². The maximum absolute atomic E-state index is 11.8. The molecular weight excluding hydrogens is 224 g/mol. The molecule has 0 aromatic rings. The van der Waals surface area contributed by atoms with Crippen LogP contribution in [0.2, 0.25) is 0 Å². The highest BCUT2D eigenvalue weighted by molar-refractivity contribution is 5.82. The van der Waals surface area contributed by atoms with Crippen LogP contribution < -0.4 is 0 Å². The lowest BCUT2D eigenvalue weighted by Gasteiger charge is -2.46. The summed E-state index contributed by atoms with van der Waals surface area (Å²) in [6, 6.07) is 2.02. The molecule has 0 N–H and O–H groups in total. The van der Waals surface area contributed by atoms with Gasteiger partial charge in [-0.25, -0.2) is 0 Å². The zero-order chi connectivity index (χ0) is 12.7. The lowest BCUT2D eigenvalue weighted by atomic mass is 9.86. The molecule has 18 heavy (non-hydrogen) atoms. The normalized spacial score (nSPS) is 43.1. The number of hydrogen-bond acceptors (Lipinski definition) is 3. The Morgan fingerprint density at radius 2 is 1.89 bits per heavy atom. The Balaban J connectivity index is 1.66. The van der Waals surface area contributed by atoms with Crippen molar-refractivity contribution in [1.29, 1.82) is 0 Å². The molecule has 3 heteroatoms. The van der Waals surface area contributed by atoms with Gasteiger partial charge < -0.3 is 4.90 Å². The third kappa shape index (κ3) is 2.12. The minimum Gasteiger partial charge on any atom is -0.300 e. The largest absolute Gasteiger partial charge is 0.300 e. The van der Waals surface area contributed by atoms with Crippen molar-refractivity contribution < 1.29 is 4.79 Å². The van der Waals surface area contributed by atoms with Gasteiger partial charge in [-0.15, -0.1) is 0 Å². The number of likely N-dealkylation sites (tertiary alicyclic amines) is 1. The summed E-state index contributed by atoms with van der Waals surface area (Å²) in [5.74, 6) is 0.706. The van der Waals surface area contributed by atoms with Gasteiger partial charge in [-0.1, -0.05) is 6.92 Å². The van der Waals surface area contributed by atoms with Gasteiger partial charge in [0.1, 0.15) is 5.78 Å². The van der Waals surface area contributed by atoms with E-state index in [1.807, 2.05) is 0 Å². The highest BCUT2D eigenvalue weighted by Crippen LogP contribution is 2.32. The van der Waals surface area contributed by atoms with E-state index in [-0.39, 0.29) is 5.92 Å². The van der Waals surface area contributed by atoms with Crippen molar-refractivity contribution in [2.75, 3.05) is 19.6 Å². The first-order valence-corrected chi connectivity index (χ1v) is 7.69. The fourth-order valence-corrected chi connectivity index (χ4v) is 4.25. The van der Waals surface area contributed by atoms with Crippen LogP contribution in [0.3, 0.4) is 0 Å². The van der Waals surface area contributed by atoms with E-state index >= 15 is 0 Å². The first kappa shape index (κ1) is 12.6. The third-order valence-corrected chi connectivity index (χ3v) is 5.63. The molecule has 3 rings (SSSR count). The number of nitrogens with zero attached hydrogens (tertiary/aromatic N) is 2. The molecule has 4 atom stereocenters. The topological polar surface area (TPSA) is 23.6 Å². The van der Waals surface area contributed by atoms with E-state index in [2.05, 4.69) is 23.6 Å². The number of ketones is 1. The first-order chi connectivity index (χ1) is 8.66. The lowest BCUT2D eigenvalue weighted by Crippen LogP contribution is -2.55. The van der Waals surface area contributed by atoms with Crippen LogP contribution in [0.15, 0.2) is 0 Å². The molecular formula is C15H26N2O. The molecule has 0 spiro atoms. The molecule has 3 fully saturated rings. The molecule has 0 aromatic heterocycles.